The number of nitrogens with zero attached hydrogens (tertiary/aromatic N) is 4. The standard InChI is InChI=1S/C19H23N5O2/c1-4-16-17(26-13-25-16)11-14(1)12-23-7-9-24(10-8-23)19-20-6-5-18(22-19)21-15-2-3-15/h1,4-6,11,15H,2-3,7-10,12-13H2,(H,20,21,22). The zero-order valence-corrected chi connectivity index (χ0v) is 14.7. The van der Waals surface area contributed by atoms with E-state index in [0.29, 0.717) is 12.8 Å². The van der Waals surface area contributed by atoms with E-state index >= 15 is 0 Å². The molecular weight excluding hydrogens is 330 g/mol. The van der Waals surface area contributed by atoms with Crippen molar-refractivity contribution in [1.82, 2.24) is 14.9 Å². The molecule has 0 bridgehead atoms. The monoisotopic (exact) mass is 353 g/mol. The lowest BCUT2D eigenvalue weighted by molar-refractivity contribution is 0.174. The number of piperazine rings is 1. The van der Waals surface area contributed by atoms with Crippen LogP contribution < -0.4 is 19.7 Å². The highest BCUT2D eigenvalue weighted by atomic mass is 16.7. The van der Waals surface area contributed by atoms with E-state index in [1.165, 1.54) is 18.4 Å². The number of hydrogen-bond acceptors (Lipinski definition) is 7. The molecule has 1 N–H and O–H groups in total. The summed E-state index contributed by atoms with van der Waals surface area (Å²) in [7, 11) is 0. The predicted octanol–water partition coefficient (Wildman–Crippen LogP) is 2.10. The molecule has 7 nitrogen and oxygen atoms in total. The van der Waals surface area contributed by atoms with Crippen LogP contribution in [-0.4, -0.2) is 53.9 Å². The molecule has 3 aliphatic rings. The van der Waals surface area contributed by atoms with Gasteiger partial charge in [-0.1, -0.05) is 6.07 Å². The van der Waals surface area contributed by atoms with Crippen molar-refractivity contribution in [3.05, 3.63) is 36.0 Å². The summed E-state index contributed by atoms with van der Waals surface area (Å²) in [5.74, 6) is 3.48. The lowest BCUT2D eigenvalue weighted by Crippen LogP contribution is -2.46. The van der Waals surface area contributed by atoms with Gasteiger partial charge in [-0.05, 0) is 36.6 Å². The highest BCUT2D eigenvalue weighted by Gasteiger charge is 2.23. The van der Waals surface area contributed by atoms with E-state index < -0.39 is 0 Å². The highest BCUT2D eigenvalue weighted by Crippen LogP contribution is 2.33. The SMILES string of the molecule is c1cc(NC2CC2)nc(N2CCN(Cc3ccc4c(c3)OCO4)CC2)n1. The van der Waals surface area contributed by atoms with E-state index in [0.717, 1.165) is 56.0 Å². The number of fused-ring (bicyclic) bond motifs is 1. The Labute approximate surface area is 152 Å². The summed E-state index contributed by atoms with van der Waals surface area (Å²) in [5, 5.41) is 3.45. The molecule has 2 aliphatic heterocycles. The van der Waals surface area contributed by atoms with Crippen LogP contribution in [0.2, 0.25) is 0 Å². The van der Waals surface area contributed by atoms with Crippen LogP contribution in [0.25, 0.3) is 0 Å². The van der Waals surface area contributed by atoms with Gasteiger partial charge in [-0.3, -0.25) is 4.90 Å². The Kier molecular flexibility index (Phi) is 4.01. The number of ether oxygens (including phenoxy) is 2. The van der Waals surface area contributed by atoms with Crippen LogP contribution in [0.5, 0.6) is 11.5 Å². The van der Waals surface area contributed by atoms with Crippen LogP contribution in [0.15, 0.2) is 30.5 Å². The molecule has 1 aliphatic carbocycles. The maximum absolute atomic E-state index is 5.47. The summed E-state index contributed by atoms with van der Waals surface area (Å²) in [5.41, 5.74) is 1.26. The van der Waals surface area contributed by atoms with E-state index in [1.807, 2.05) is 18.3 Å². The Bertz CT molecular complexity index is 787. The van der Waals surface area contributed by atoms with E-state index in [9.17, 15) is 0 Å². The van der Waals surface area contributed by atoms with Crippen LogP contribution in [0.1, 0.15) is 18.4 Å². The van der Waals surface area contributed by atoms with Crippen LogP contribution in [-0.2, 0) is 6.54 Å². The van der Waals surface area contributed by atoms with Gasteiger partial charge in [-0.25, -0.2) is 4.98 Å². The van der Waals surface area contributed by atoms with Crippen molar-refractivity contribution >= 4 is 11.8 Å². The van der Waals surface area contributed by atoms with Gasteiger partial charge in [0.15, 0.2) is 11.5 Å². The van der Waals surface area contributed by atoms with Gasteiger partial charge >= 0.3 is 0 Å². The predicted molar refractivity (Wildman–Crippen MR) is 98.7 cm³/mol. The van der Waals surface area contributed by atoms with E-state index in [1.54, 1.807) is 0 Å². The third-order valence-electron chi connectivity index (χ3n) is 5.07. The van der Waals surface area contributed by atoms with Crippen LogP contribution >= 0.6 is 0 Å². The molecule has 1 saturated heterocycles. The fraction of sp³-hybridized carbons (Fsp3) is 0.474. The molecule has 136 valence electrons. The fourth-order valence-electron chi connectivity index (χ4n) is 3.42. The molecular formula is C19H23N5O2. The first-order chi connectivity index (χ1) is 12.8. The largest absolute Gasteiger partial charge is 0.454 e. The second kappa shape index (κ2) is 6.64. The first kappa shape index (κ1) is 15.7. The number of hydrogen-bond donors (Lipinski definition) is 1. The van der Waals surface area contributed by atoms with Crippen molar-refractivity contribution in [3.8, 4) is 11.5 Å². The van der Waals surface area contributed by atoms with Gasteiger partial charge < -0.3 is 19.7 Å². The van der Waals surface area contributed by atoms with Gasteiger partial charge in [0.05, 0.1) is 0 Å². The van der Waals surface area contributed by atoms with Gasteiger partial charge in [0.1, 0.15) is 5.82 Å². The maximum Gasteiger partial charge on any atom is 0.231 e. The molecule has 1 saturated carbocycles. The summed E-state index contributed by atoms with van der Waals surface area (Å²) < 4.78 is 10.9. The minimum Gasteiger partial charge on any atom is -0.454 e. The smallest absolute Gasteiger partial charge is 0.231 e. The van der Waals surface area contributed by atoms with Crippen molar-refractivity contribution in [2.45, 2.75) is 25.4 Å². The minimum absolute atomic E-state index is 0.326. The Morgan fingerprint density at radius 3 is 2.73 bits per heavy atom. The zero-order valence-electron chi connectivity index (χ0n) is 14.7. The zero-order chi connectivity index (χ0) is 17.3. The number of rotatable bonds is 5. The lowest BCUT2D eigenvalue weighted by atomic mass is 10.1. The first-order valence-corrected chi connectivity index (χ1v) is 9.29. The first-order valence-electron chi connectivity index (χ1n) is 9.29. The minimum atomic E-state index is 0.326. The summed E-state index contributed by atoms with van der Waals surface area (Å²) >= 11 is 0. The van der Waals surface area contributed by atoms with E-state index in [4.69, 9.17) is 9.47 Å². The maximum atomic E-state index is 5.47. The summed E-state index contributed by atoms with van der Waals surface area (Å²) in [6.07, 6.45) is 4.35. The second-order valence-corrected chi connectivity index (χ2v) is 7.11. The van der Waals surface area contributed by atoms with E-state index in [-0.39, 0.29) is 0 Å². The average Bonchev–Trinajstić information content (AvgIpc) is 3.36. The topological polar surface area (TPSA) is 62.8 Å². The third-order valence-corrected chi connectivity index (χ3v) is 5.07. The van der Waals surface area contributed by atoms with Crippen molar-refractivity contribution in [2.75, 3.05) is 43.2 Å². The normalized spacial score (nSPS) is 19.6. The molecule has 0 atom stereocenters. The van der Waals surface area contributed by atoms with Gasteiger partial charge in [0.2, 0.25) is 12.7 Å². The van der Waals surface area contributed by atoms with Crippen molar-refractivity contribution < 1.29 is 9.47 Å². The van der Waals surface area contributed by atoms with Crippen molar-refractivity contribution in [1.29, 1.82) is 0 Å². The molecule has 5 rings (SSSR count). The fourth-order valence-corrected chi connectivity index (χ4v) is 3.42. The molecule has 2 fully saturated rings. The van der Waals surface area contributed by atoms with Crippen LogP contribution in [0, 0.1) is 0 Å². The second-order valence-electron chi connectivity index (χ2n) is 7.11. The van der Waals surface area contributed by atoms with Gasteiger partial charge in [0, 0.05) is 45.0 Å². The summed E-state index contributed by atoms with van der Waals surface area (Å²) in [6.45, 7) is 5.13. The number of nitrogens with one attached hydrogen (secondary N) is 1. The molecule has 0 spiro atoms. The molecule has 2 aromatic rings. The number of anilines is 2. The Hall–Kier alpha value is -2.54. The Morgan fingerprint density at radius 2 is 1.88 bits per heavy atom. The van der Waals surface area contributed by atoms with Crippen molar-refractivity contribution in [2.24, 2.45) is 0 Å². The van der Waals surface area contributed by atoms with E-state index in [2.05, 4.69) is 37.2 Å². The third kappa shape index (κ3) is 3.39. The van der Waals surface area contributed by atoms with Gasteiger partial charge in [0.25, 0.3) is 0 Å². The van der Waals surface area contributed by atoms with Gasteiger partial charge in [-0.15, -0.1) is 0 Å². The molecule has 0 amide bonds. The van der Waals surface area contributed by atoms with Crippen LogP contribution in [0.4, 0.5) is 11.8 Å². The Balaban J connectivity index is 1.18. The number of aromatic nitrogens is 2. The molecule has 7 heteroatoms. The summed E-state index contributed by atoms with van der Waals surface area (Å²) in [6, 6.07) is 8.77. The quantitative estimate of drug-likeness (QED) is 0.883. The molecule has 1 aromatic carbocycles. The molecule has 0 radical (unpaired) electrons. The highest BCUT2D eigenvalue weighted by molar-refractivity contribution is 5.45. The molecule has 3 heterocycles. The van der Waals surface area contributed by atoms with Gasteiger partial charge in [-0.2, -0.15) is 4.98 Å². The lowest BCUT2D eigenvalue weighted by Gasteiger charge is -2.34. The molecule has 26 heavy (non-hydrogen) atoms. The van der Waals surface area contributed by atoms with Crippen molar-refractivity contribution in [3.63, 3.8) is 0 Å². The Morgan fingerprint density at radius 1 is 1.04 bits per heavy atom. The number of benzene rings is 1. The average molecular weight is 353 g/mol. The molecule has 0 unspecified atom stereocenters. The summed E-state index contributed by atoms with van der Waals surface area (Å²) in [4.78, 5) is 13.9. The van der Waals surface area contributed by atoms with Crippen LogP contribution in [0.3, 0.4) is 0 Å². The molecule has 1 aromatic heterocycles.